The molecule has 1 aliphatic heterocycles. The molecule has 2 unspecified atom stereocenters. The zero-order chi connectivity index (χ0) is 12.3. The second kappa shape index (κ2) is 5.98. The molecule has 1 aliphatic rings. The first-order valence-corrected chi connectivity index (χ1v) is 7.09. The molecule has 2 nitrogen and oxygen atoms in total. The molecule has 1 fully saturated rings. The quantitative estimate of drug-likeness (QED) is 0.919. The largest absolute Gasteiger partial charge is 0.381 e. The number of benzene rings is 1. The lowest BCUT2D eigenvalue weighted by Gasteiger charge is -2.24. The van der Waals surface area contributed by atoms with Gasteiger partial charge in [0.25, 0.3) is 0 Å². The number of hydrogen-bond donors (Lipinski definition) is 1. The fraction of sp³-hybridized carbons (Fsp3) is 0.571. The van der Waals surface area contributed by atoms with Gasteiger partial charge in [-0.3, -0.25) is 0 Å². The lowest BCUT2D eigenvalue weighted by atomic mass is 9.92. The Kier molecular flexibility index (Phi) is 4.60. The molecule has 0 bridgehead atoms. The minimum atomic E-state index is 0.416. The maximum atomic E-state index is 5.51. The normalized spacial score (nSPS) is 21.7. The van der Waals surface area contributed by atoms with Gasteiger partial charge in [-0.25, -0.2) is 0 Å². The number of hydrogen-bond acceptors (Lipinski definition) is 2. The zero-order valence-corrected chi connectivity index (χ0v) is 12.1. The maximum absolute atomic E-state index is 5.51. The van der Waals surface area contributed by atoms with Gasteiger partial charge in [-0.15, -0.1) is 0 Å². The molecule has 0 radical (unpaired) electrons. The molecule has 0 amide bonds. The van der Waals surface area contributed by atoms with E-state index in [0.29, 0.717) is 12.0 Å². The Labute approximate surface area is 112 Å². The van der Waals surface area contributed by atoms with Crippen molar-refractivity contribution in [2.24, 2.45) is 5.92 Å². The average Bonchev–Trinajstić information content (AvgIpc) is 2.83. The van der Waals surface area contributed by atoms with Crippen LogP contribution in [0.1, 0.15) is 30.5 Å². The molecular formula is C14H20BrNO. The van der Waals surface area contributed by atoms with Gasteiger partial charge in [-0.2, -0.15) is 0 Å². The van der Waals surface area contributed by atoms with E-state index in [1.807, 2.05) is 0 Å². The third kappa shape index (κ3) is 3.09. The fourth-order valence-electron chi connectivity index (χ4n) is 2.39. The van der Waals surface area contributed by atoms with E-state index >= 15 is 0 Å². The van der Waals surface area contributed by atoms with E-state index < -0.39 is 0 Å². The summed E-state index contributed by atoms with van der Waals surface area (Å²) >= 11 is 3.62. The first-order valence-electron chi connectivity index (χ1n) is 6.29. The molecule has 0 saturated carbocycles. The van der Waals surface area contributed by atoms with E-state index in [-0.39, 0.29) is 0 Å². The summed E-state index contributed by atoms with van der Waals surface area (Å²) in [5.41, 5.74) is 2.64. The molecule has 1 heterocycles. The van der Waals surface area contributed by atoms with Gasteiger partial charge in [0.15, 0.2) is 0 Å². The van der Waals surface area contributed by atoms with Crippen LogP contribution in [0.5, 0.6) is 0 Å². The number of ether oxygens (including phenoxy) is 1. The molecule has 2 atom stereocenters. The molecule has 1 N–H and O–H groups in total. The standard InChI is InChI=1S/C14H20BrNO/c1-3-16-14(12-6-7-17-9-12)11-5-4-10(2)13(15)8-11/h4-5,8,12,14,16H,3,6-7,9H2,1-2H3. The van der Waals surface area contributed by atoms with Crippen molar-refractivity contribution in [2.75, 3.05) is 19.8 Å². The van der Waals surface area contributed by atoms with Gasteiger partial charge in [0.1, 0.15) is 0 Å². The lowest BCUT2D eigenvalue weighted by Crippen LogP contribution is -2.28. The highest BCUT2D eigenvalue weighted by atomic mass is 79.9. The number of halogens is 1. The van der Waals surface area contributed by atoms with Crippen LogP contribution in [-0.2, 0) is 4.74 Å². The van der Waals surface area contributed by atoms with Crippen molar-refractivity contribution in [3.63, 3.8) is 0 Å². The van der Waals surface area contributed by atoms with E-state index in [1.165, 1.54) is 15.6 Å². The smallest absolute Gasteiger partial charge is 0.0513 e. The van der Waals surface area contributed by atoms with Crippen molar-refractivity contribution >= 4 is 15.9 Å². The van der Waals surface area contributed by atoms with Gasteiger partial charge in [-0.05, 0) is 37.1 Å². The zero-order valence-electron chi connectivity index (χ0n) is 10.5. The molecule has 0 aromatic heterocycles. The summed E-state index contributed by atoms with van der Waals surface area (Å²) in [6.45, 7) is 7.05. The molecule has 1 aromatic rings. The first kappa shape index (κ1) is 13.1. The van der Waals surface area contributed by atoms with Crippen molar-refractivity contribution in [3.8, 4) is 0 Å². The third-order valence-electron chi connectivity index (χ3n) is 3.42. The Bertz CT molecular complexity index is 374. The monoisotopic (exact) mass is 297 g/mol. The lowest BCUT2D eigenvalue weighted by molar-refractivity contribution is 0.177. The molecule has 3 heteroatoms. The van der Waals surface area contributed by atoms with Gasteiger partial charge in [-0.1, -0.05) is 35.0 Å². The molecular weight excluding hydrogens is 278 g/mol. The van der Waals surface area contributed by atoms with Crippen molar-refractivity contribution in [2.45, 2.75) is 26.3 Å². The van der Waals surface area contributed by atoms with Gasteiger partial charge < -0.3 is 10.1 Å². The fourth-order valence-corrected chi connectivity index (χ4v) is 2.79. The molecule has 0 spiro atoms. The Morgan fingerprint density at radius 1 is 1.53 bits per heavy atom. The summed E-state index contributed by atoms with van der Waals surface area (Å²) in [5, 5.41) is 3.59. The Morgan fingerprint density at radius 3 is 2.94 bits per heavy atom. The van der Waals surface area contributed by atoms with Crippen LogP contribution in [0.3, 0.4) is 0 Å². The van der Waals surface area contributed by atoms with Crippen molar-refractivity contribution in [1.82, 2.24) is 5.32 Å². The highest BCUT2D eigenvalue weighted by molar-refractivity contribution is 9.10. The summed E-state index contributed by atoms with van der Waals surface area (Å²) in [6, 6.07) is 7.06. The van der Waals surface area contributed by atoms with Gasteiger partial charge in [0.2, 0.25) is 0 Å². The summed E-state index contributed by atoms with van der Waals surface area (Å²) < 4.78 is 6.70. The minimum absolute atomic E-state index is 0.416. The Morgan fingerprint density at radius 2 is 2.35 bits per heavy atom. The first-order chi connectivity index (χ1) is 8.22. The number of rotatable bonds is 4. The molecule has 0 aliphatic carbocycles. The van der Waals surface area contributed by atoms with E-state index in [4.69, 9.17) is 4.74 Å². The van der Waals surface area contributed by atoms with Crippen molar-refractivity contribution in [1.29, 1.82) is 0 Å². The molecule has 1 saturated heterocycles. The molecule has 1 aromatic carbocycles. The number of nitrogens with one attached hydrogen (secondary N) is 1. The Balaban J connectivity index is 2.21. The maximum Gasteiger partial charge on any atom is 0.0513 e. The summed E-state index contributed by atoms with van der Waals surface area (Å²) in [7, 11) is 0. The second-order valence-electron chi connectivity index (χ2n) is 4.67. The SMILES string of the molecule is CCNC(c1ccc(C)c(Br)c1)C1CCOC1. The van der Waals surface area contributed by atoms with Gasteiger partial charge in [0, 0.05) is 23.0 Å². The second-order valence-corrected chi connectivity index (χ2v) is 5.52. The molecule has 94 valence electrons. The van der Waals surface area contributed by atoms with Crippen LogP contribution < -0.4 is 5.32 Å². The summed E-state index contributed by atoms with van der Waals surface area (Å²) in [5.74, 6) is 0.601. The number of aryl methyl sites for hydroxylation is 1. The minimum Gasteiger partial charge on any atom is -0.381 e. The summed E-state index contributed by atoms with van der Waals surface area (Å²) in [4.78, 5) is 0. The van der Waals surface area contributed by atoms with Crippen LogP contribution in [0.15, 0.2) is 22.7 Å². The third-order valence-corrected chi connectivity index (χ3v) is 4.27. The van der Waals surface area contributed by atoms with Crippen LogP contribution in [-0.4, -0.2) is 19.8 Å². The predicted molar refractivity (Wildman–Crippen MR) is 74.2 cm³/mol. The molecule has 2 rings (SSSR count). The van der Waals surface area contributed by atoms with Crippen LogP contribution in [0.4, 0.5) is 0 Å². The van der Waals surface area contributed by atoms with Crippen molar-refractivity contribution < 1.29 is 4.74 Å². The topological polar surface area (TPSA) is 21.3 Å². The van der Waals surface area contributed by atoms with E-state index in [2.05, 4.69) is 53.3 Å². The summed E-state index contributed by atoms with van der Waals surface area (Å²) in [6.07, 6.45) is 1.16. The molecule has 17 heavy (non-hydrogen) atoms. The van der Waals surface area contributed by atoms with Crippen LogP contribution >= 0.6 is 15.9 Å². The van der Waals surface area contributed by atoms with Gasteiger partial charge in [0.05, 0.1) is 6.61 Å². The van der Waals surface area contributed by atoms with Gasteiger partial charge >= 0.3 is 0 Å². The van der Waals surface area contributed by atoms with Crippen molar-refractivity contribution in [3.05, 3.63) is 33.8 Å². The predicted octanol–water partition coefficient (Wildman–Crippen LogP) is 3.44. The average molecular weight is 298 g/mol. The Hall–Kier alpha value is -0.380. The van der Waals surface area contributed by atoms with Crippen LogP contribution in [0.25, 0.3) is 0 Å². The van der Waals surface area contributed by atoms with Crippen LogP contribution in [0.2, 0.25) is 0 Å². The van der Waals surface area contributed by atoms with E-state index in [0.717, 1.165) is 26.2 Å². The van der Waals surface area contributed by atoms with Crippen LogP contribution in [0, 0.1) is 12.8 Å². The highest BCUT2D eigenvalue weighted by Crippen LogP contribution is 2.31. The van der Waals surface area contributed by atoms with E-state index in [1.54, 1.807) is 0 Å². The highest BCUT2D eigenvalue weighted by Gasteiger charge is 2.26. The van der Waals surface area contributed by atoms with E-state index in [9.17, 15) is 0 Å².